The molecule has 0 saturated heterocycles. The molecule has 0 fully saturated rings. The normalized spacial score (nSPS) is 10.8. The summed E-state index contributed by atoms with van der Waals surface area (Å²) >= 11 is 5.06. The van der Waals surface area contributed by atoms with E-state index in [4.69, 9.17) is 18.0 Å². The number of aryl methyl sites for hydroxylation is 1. The van der Waals surface area contributed by atoms with Crippen LogP contribution in [0.1, 0.15) is 34.2 Å². The minimum Gasteiger partial charge on any atom is -0.366 e. The molecule has 1 amide bonds. The molecular weight excluding hydrogens is 322 g/mol. The topological polar surface area (TPSA) is 84.4 Å². The van der Waals surface area contributed by atoms with E-state index in [0.29, 0.717) is 10.7 Å². The average Bonchev–Trinajstić information content (AvgIpc) is 2.82. The van der Waals surface area contributed by atoms with Crippen molar-refractivity contribution in [1.29, 1.82) is 0 Å². The van der Waals surface area contributed by atoms with Crippen LogP contribution < -0.4 is 16.5 Å². The Hall–Kier alpha value is -2.67. The van der Waals surface area contributed by atoms with E-state index >= 15 is 0 Å². The van der Waals surface area contributed by atoms with Crippen molar-refractivity contribution < 1.29 is 4.79 Å². The van der Waals surface area contributed by atoms with Crippen LogP contribution in [0.4, 0.5) is 0 Å². The van der Waals surface area contributed by atoms with E-state index in [-0.39, 0.29) is 0 Å². The van der Waals surface area contributed by atoms with Gasteiger partial charge in [-0.1, -0.05) is 0 Å². The van der Waals surface area contributed by atoms with Gasteiger partial charge in [-0.05, 0) is 63.3 Å². The Labute approximate surface area is 146 Å². The number of nitrogens with two attached hydrogens (primary N) is 1. The second kappa shape index (κ2) is 7.74. The van der Waals surface area contributed by atoms with Gasteiger partial charge in [-0.15, -0.1) is 0 Å². The van der Waals surface area contributed by atoms with Gasteiger partial charge in [-0.2, -0.15) is 5.10 Å². The van der Waals surface area contributed by atoms with Crippen LogP contribution in [0.3, 0.4) is 0 Å². The first-order valence-electron chi connectivity index (χ1n) is 7.60. The Morgan fingerprint density at radius 2 is 2.00 bits per heavy atom. The molecule has 6 nitrogen and oxygen atoms in total. The van der Waals surface area contributed by atoms with Crippen LogP contribution in [0, 0.1) is 13.8 Å². The number of hydrogen-bond donors (Lipinski definition) is 3. The van der Waals surface area contributed by atoms with Gasteiger partial charge in [0.1, 0.15) is 0 Å². The van der Waals surface area contributed by atoms with Crippen LogP contribution in [0.5, 0.6) is 0 Å². The van der Waals surface area contributed by atoms with Crippen LogP contribution in [0.15, 0.2) is 35.4 Å². The Kier molecular flexibility index (Phi) is 5.70. The number of nitrogens with zero attached hydrogens (tertiary/aromatic N) is 2. The third-order valence-electron chi connectivity index (χ3n) is 3.59. The summed E-state index contributed by atoms with van der Waals surface area (Å²) in [6.45, 7) is 6.74. The molecule has 0 aliphatic carbocycles. The number of hydrazone groups is 1. The number of amides is 1. The molecular formula is C17H21N5OS. The lowest BCUT2D eigenvalue weighted by Gasteiger charge is -2.10. The molecule has 7 heteroatoms. The zero-order valence-corrected chi connectivity index (χ0v) is 14.8. The molecule has 24 heavy (non-hydrogen) atoms. The van der Waals surface area contributed by atoms with Gasteiger partial charge in [-0.3, -0.25) is 10.2 Å². The quantitative estimate of drug-likeness (QED) is 0.440. The minimum atomic E-state index is -0.432. The molecule has 1 aromatic carbocycles. The summed E-state index contributed by atoms with van der Waals surface area (Å²) in [4.78, 5) is 11.2. The summed E-state index contributed by atoms with van der Waals surface area (Å²) in [6.07, 6.45) is 1.74. The van der Waals surface area contributed by atoms with Crippen molar-refractivity contribution in [1.82, 2.24) is 15.3 Å². The third-order valence-corrected chi connectivity index (χ3v) is 3.82. The van der Waals surface area contributed by atoms with Gasteiger partial charge in [0.25, 0.3) is 0 Å². The maximum Gasteiger partial charge on any atom is 0.248 e. The zero-order chi connectivity index (χ0) is 17.7. The zero-order valence-electron chi connectivity index (χ0n) is 14.0. The van der Waals surface area contributed by atoms with Gasteiger partial charge >= 0.3 is 0 Å². The lowest BCUT2D eigenvalue weighted by Crippen LogP contribution is -2.31. The summed E-state index contributed by atoms with van der Waals surface area (Å²) in [7, 11) is 0. The number of hydrogen-bond acceptors (Lipinski definition) is 3. The summed E-state index contributed by atoms with van der Waals surface area (Å²) in [5, 5.41) is 7.61. The second-order valence-electron chi connectivity index (χ2n) is 5.30. The average molecular weight is 343 g/mol. The van der Waals surface area contributed by atoms with E-state index in [1.807, 2.05) is 39.0 Å². The molecule has 1 aromatic heterocycles. The fourth-order valence-electron chi connectivity index (χ4n) is 2.45. The summed E-state index contributed by atoms with van der Waals surface area (Å²) < 4.78 is 2.09. The number of aromatic nitrogens is 1. The molecule has 2 aromatic rings. The number of carbonyl (C=O) groups is 1. The molecule has 0 aliphatic rings. The van der Waals surface area contributed by atoms with Crippen molar-refractivity contribution >= 4 is 29.5 Å². The maximum atomic E-state index is 11.2. The highest BCUT2D eigenvalue weighted by atomic mass is 32.1. The van der Waals surface area contributed by atoms with Crippen LogP contribution in [-0.4, -0.2) is 28.3 Å². The van der Waals surface area contributed by atoms with E-state index in [0.717, 1.165) is 29.2 Å². The number of thiocarbonyl (C=S) groups is 1. The molecule has 126 valence electrons. The number of rotatable bonds is 5. The summed E-state index contributed by atoms with van der Waals surface area (Å²) in [6, 6.07) is 9.24. The lowest BCUT2D eigenvalue weighted by atomic mass is 10.2. The van der Waals surface area contributed by atoms with Gasteiger partial charge in [0.2, 0.25) is 5.91 Å². The molecule has 0 spiro atoms. The molecule has 0 atom stereocenters. The van der Waals surface area contributed by atoms with Crippen molar-refractivity contribution in [2.75, 3.05) is 6.54 Å². The van der Waals surface area contributed by atoms with Crippen molar-refractivity contribution in [3.8, 4) is 5.69 Å². The van der Waals surface area contributed by atoms with E-state index < -0.39 is 5.91 Å². The van der Waals surface area contributed by atoms with Gasteiger partial charge in [0, 0.05) is 34.7 Å². The predicted octanol–water partition coefficient (Wildman–Crippen LogP) is 2.01. The second-order valence-corrected chi connectivity index (χ2v) is 5.71. The lowest BCUT2D eigenvalue weighted by molar-refractivity contribution is 0.100. The highest BCUT2D eigenvalue weighted by molar-refractivity contribution is 7.80. The molecule has 2 rings (SSSR count). The number of benzene rings is 1. The Morgan fingerprint density at radius 3 is 2.58 bits per heavy atom. The van der Waals surface area contributed by atoms with E-state index in [2.05, 4.69) is 20.4 Å². The van der Waals surface area contributed by atoms with Crippen molar-refractivity contribution in [3.05, 3.63) is 52.8 Å². The van der Waals surface area contributed by atoms with Crippen molar-refractivity contribution in [3.63, 3.8) is 0 Å². The Morgan fingerprint density at radius 1 is 1.33 bits per heavy atom. The van der Waals surface area contributed by atoms with Crippen LogP contribution in [0.25, 0.3) is 5.69 Å². The first kappa shape index (κ1) is 17.7. The fourth-order valence-corrected chi connectivity index (χ4v) is 2.65. The van der Waals surface area contributed by atoms with Gasteiger partial charge in [0.15, 0.2) is 5.11 Å². The first-order chi connectivity index (χ1) is 11.4. The van der Waals surface area contributed by atoms with Crippen LogP contribution >= 0.6 is 12.2 Å². The summed E-state index contributed by atoms with van der Waals surface area (Å²) in [5.41, 5.74) is 12.6. The van der Waals surface area contributed by atoms with Crippen LogP contribution in [0.2, 0.25) is 0 Å². The molecule has 0 unspecified atom stereocenters. The molecule has 4 N–H and O–H groups in total. The first-order valence-corrected chi connectivity index (χ1v) is 8.01. The van der Waals surface area contributed by atoms with E-state index in [9.17, 15) is 4.79 Å². The largest absolute Gasteiger partial charge is 0.366 e. The number of primary amides is 1. The molecule has 0 bridgehead atoms. The van der Waals surface area contributed by atoms with E-state index in [1.54, 1.807) is 18.3 Å². The van der Waals surface area contributed by atoms with Crippen LogP contribution in [-0.2, 0) is 0 Å². The summed E-state index contributed by atoms with van der Waals surface area (Å²) in [5.74, 6) is -0.432. The Bertz CT molecular complexity index is 777. The molecule has 0 saturated carbocycles. The van der Waals surface area contributed by atoms with Crippen molar-refractivity contribution in [2.45, 2.75) is 20.8 Å². The van der Waals surface area contributed by atoms with E-state index in [1.165, 1.54) is 0 Å². The van der Waals surface area contributed by atoms with Gasteiger partial charge in [-0.25, -0.2) is 0 Å². The van der Waals surface area contributed by atoms with Crippen molar-refractivity contribution in [2.24, 2.45) is 10.8 Å². The smallest absolute Gasteiger partial charge is 0.248 e. The SMILES string of the molecule is CCNC(=S)N/N=C\c1cc(C)n(-c2ccc(C(N)=O)cc2)c1C. The molecule has 1 heterocycles. The minimum absolute atomic E-state index is 0.432. The van der Waals surface area contributed by atoms with Gasteiger partial charge < -0.3 is 15.6 Å². The number of nitrogens with one attached hydrogen (secondary N) is 2. The highest BCUT2D eigenvalue weighted by Crippen LogP contribution is 2.20. The maximum absolute atomic E-state index is 11.2. The molecule has 0 aliphatic heterocycles. The molecule has 0 radical (unpaired) electrons. The third kappa shape index (κ3) is 3.99. The standard InChI is InChI=1S/C17H21N5OS/c1-4-19-17(24)21-20-10-14-9-11(2)22(12(14)3)15-7-5-13(6-8-15)16(18)23/h5-10H,4H2,1-3H3,(H2,18,23)(H2,19,21,24)/b20-10-. The predicted molar refractivity (Wildman–Crippen MR) is 101 cm³/mol. The highest BCUT2D eigenvalue weighted by Gasteiger charge is 2.10. The monoisotopic (exact) mass is 343 g/mol. The Balaban J connectivity index is 2.24. The fraction of sp³-hybridized carbons (Fsp3) is 0.235. The number of carbonyl (C=O) groups excluding carboxylic acids is 1. The van der Waals surface area contributed by atoms with Gasteiger partial charge in [0.05, 0.1) is 6.21 Å².